The monoisotopic (exact) mass is 456 g/mol. The maximum atomic E-state index is 13.4. The molecular formula is C25H20N4O3S. The molecule has 8 heteroatoms. The summed E-state index contributed by atoms with van der Waals surface area (Å²) in [6, 6.07) is 19.8. The Hall–Kier alpha value is -3.91. The number of ether oxygens (including phenoxy) is 1. The molecule has 3 heterocycles. The van der Waals surface area contributed by atoms with E-state index in [0.29, 0.717) is 44.6 Å². The normalized spacial score (nSPS) is 11.2. The molecule has 0 aliphatic heterocycles. The van der Waals surface area contributed by atoms with Crippen molar-refractivity contribution in [1.29, 1.82) is 0 Å². The van der Waals surface area contributed by atoms with Crippen molar-refractivity contribution in [2.75, 3.05) is 7.11 Å². The molecule has 0 fully saturated rings. The molecule has 164 valence electrons. The number of benzene rings is 2. The van der Waals surface area contributed by atoms with Gasteiger partial charge in [0.1, 0.15) is 11.4 Å². The van der Waals surface area contributed by atoms with Crippen LogP contribution in [0.25, 0.3) is 22.2 Å². The fourth-order valence-corrected chi connectivity index (χ4v) is 4.59. The second-order valence-corrected chi connectivity index (χ2v) is 8.45. The summed E-state index contributed by atoms with van der Waals surface area (Å²) in [7, 11) is 1.60. The van der Waals surface area contributed by atoms with Crippen LogP contribution in [0.2, 0.25) is 0 Å². The Morgan fingerprint density at radius 1 is 0.970 bits per heavy atom. The van der Waals surface area contributed by atoms with Crippen LogP contribution in [0.5, 0.6) is 5.75 Å². The van der Waals surface area contributed by atoms with Crippen LogP contribution in [-0.2, 0) is 5.75 Å². The molecular weight excluding hydrogens is 436 g/mol. The first-order valence-corrected chi connectivity index (χ1v) is 11.3. The minimum absolute atomic E-state index is 0.140. The number of aryl methyl sites for hydroxylation is 1. The van der Waals surface area contributed by atoms with Crippen molar-refractivity contribution in [3.8, 4) is 11.4 Å². The van der Waals surface area contributed by atoms with Crippen LogP contribution in [0, 0.1) is 6.92 Å². The van der Waals surface area contributed by atoms with Crippen LogP contribution in [0.15, 0.2) is 87.7 Å². The topological polar surface area (TPSA) is 78.5 Å². The number of thioether (sulfide) groups is 1. The quantitative estimate of drug-likeness (QED) is 0.294. The van der Waals surface area contributed by atoms with Gasteiger partial charge in [-0.1, -0.05) is 30.0 Å². The number of aromatic nitrogens is 4. The number of methoxy groups -OCH3 is 1. The van der Waals surface area contributed by atoms with Crippen molar-refractivity contribution in [2.45, 2.75) is 17.8 Å². The molecule has 0 atom stereocenters. The zero-order valence-corrected chi connectivity index (χ0v) is 18.9. The lowest BCUT2D eigenvalue weighted by Gasteiger charge is -2.14. The Morgan fingerprint density at radius 2 is 1.76 bits per heavy atom. The number of rotatable bonds is 5. The Labute approximate surface area is 193 Å². The Morgan fingerprint density at radius 3 is 2.55 bits per heavy atom. The zero-order chi connectivity index (χ0) is 22.9. The van der Waals surface area contributed by atoms with Crippen LogP contribution in [0.4, 0.5) is 0 Å². The summed E-state index contributed by atoms with van der Waals surface area (Å²) in [5.41, 5.74) is 3.18. The molecule has 0 aliphatic carbocycles. The van der Waals surface area contributed by atoms with E-state index in [1.54, 1.807) is 36.1 Å². The molecule has 7 nitrogen and oxygen atoms in total. The molecule has 0 saturated carbocycles. The van der Waals surface area contributed by atoms with E-state index in [0.717, 1.165) is 5.56 Å². The SMILES string of the molecule is COc1ccc(-n2c(SCc3cc(=O)n4cccc(C)c4n3)nc3ccccc3c2=O)cc1. The number of hydrogen-bond donors (Lipinski definition) is 0. The minimum Gasteiger partial charge on any atom is -0.497 e. The third kappa shape index (κ3) is 3.89. The summed E-state index contributed by atoms with van der Waals surface area (Å²) in [6.45, 7) is 1.92. The van der Waals surface area contributed by atoms with E-state index in [1.165, 1.54) is 22.2 Å². The van der Waals surface area contributed by atoms with E-state index in [-0.39, 0.29) is 11.1 Å². The average molecular weight is 457 g/mol. The largest absolute Gasteiger partial charge is 0.497 e. The van der Waals surface area contributed by atoms with Crippen molar-refractivity contribution in [3.63, 3.8) is 0 Å². The molecule has 2 aromatic carbocycles. The Kier molecular flexibility index (Phi) is 5.43. The molecule has 3 aromatic heterocycles. The van der Waals surface area contributed by atoms with E-state index in [1.807, 2.05) is 49.4 Å². The van der Waals surface area contributed by atoms with Gasteiger partial charge in [-0.25, -0.2) is 9.97 Å². The molecule has 5 aromatic rings. The van der Waals surface area contributed by atoms with Crippen molar-refractivity contribution < 1.29 is 4.74 Å². The van der Waals surface area contributed by atoms with Gasteiger partial charge in [-0.05, 0) is 55.0 Å². The number of pyridine rings is 1. The van der Waals surface area contributed by atoms with Crippen molar-refractivity contribution in [3.05, 3.63) is 105 Å². The molecule has 0 radical (unpaired) electrons. The first-order chi connectivity index (χ1) is 16.0. The highest BCUT2D eigenvalue weighted by molar-refractivity contribution is 7.98. The smallest absolute Gasteiger partial charge is 0.266 e. The third-order valence-corrected chi connectivity index (χ3v) is 6.34. The molecule has 33 heavy (non-hydrogen) atoms. The van der Waals surface area contributed by atoms with E-state index in [9.17, 15) is 9.59 Å². The summed E-state index contributed by atoms with van der Waals surface area (Å²) in [5.74, 6) is 1.09. The molecule has 0 spiro atoms. The molecule has 0 N–H and O–H groups in total. The van der Waals surface area contributed by atoms with Gasteiger partial charge in [0, 0.05) is 18.0 Å². The predicted octanol–water partition coefficient (Wildman–Crippen LogP) is 4.00. The maximum Gasteiger partial charge on any atom is 0.266 e. The first-order valence-electron chi connectivity index (χ1n) is 10.3. The van der Waals surface area contributed by atoms with Crippen LogP contribution in [-0.4, -0.2) is 26.0 Å². The molecule has 0 bridgehead atoms. The number of fused-ring (bicyclic) bond motifs is 2. The lowest BCUT2D eigenvalue weighted by molar-refractivity contribution is 0.414. The summed E-state index contributed by atoms with van der Waals surface area (Å²) < 4.78 is 8.37. The summed E-state index contributed by atoms with van der Waals surface area (Å²) in [5, 5.41) is 1.06. The van der Waals surface area contributed by atoms with Gasteiger partial charge in [0.15, 0.2) is 5.16 Å². The van der Waals surface area contributed by atoms with Crippen molar-refractivity contribution >= 4 is 28.3 Å². The molecule has 0 amide bonds. The first kappa shape index (κ1) is 21.0. The van der Waals surface area contributed by atoms with Crippen LogP contribution >= 0.6 is 11.8 Å². The summed E-state index contributed by atoms with van der Waals surface area (Å²) in [6.07, 6.45) is 1.71. The number of nitrogens with zero attached hydrogens (tertiary/aromatic N) is 4. The van der Waals surface area contributed by atoms with Gasteiger partial charge in [-0.15, -0.1) is 0 Å². The number of hydrogen-bond acceptors (Lipinski definition) is 6. The average Bonchev–Trinajstić information content (AvgIpc) is 2.84. The minimum atomic E-state index is -0.157. The predicted molar refractivity (Wildman–Crippen MR) is 130 cm³/mol. The van der Waals surface area contributed by atoms with E-state index < -0.39 is 0 Å². The van der Waals surface area contributed by atoms with Gasteiger partial charge in [0.25, 0.3) is 11.1 Å². The maximum absolute atomic E-state index is 13.4. The number of para-hydroxylation sites is 1. The second-order valence-electron chi connectivity index (χ2n) is 7.51. The summed E-state index contributed by atoms with van der Waals surface area (Å²) in [4.78, 5) is 35.4. The van der Waals surface area contributed by atoms with Gasteiger partial charge in [-0.3, -0.25) is 18.6 Å². The van der Waals surface area contributed by atoms with Gasteiger partial charge >= 0.3 is 0 Å². The van der Waals surface area contributed by atoms with E-state index in [4.69, 9.17) is 9.72 Å². The van der Waals surface area contributed by atoms with Gasteiger partial charge in [0.05, 0.1) is 29.4 Å². The molecule has 0 unspecified atom stereocenters. The highest BCUT2D eigenvalue weighted by Crippen LogP contribution is 2.25. The van der Waals surface area contributed by atoms with E-state index >= 15 is 0 Å². The van der Waals surface area contributed by atoms with Crippen LogP contribution in [0.1, 0.15) is 11.3 Å². The van der Waals surface area contributed by atoms with Crippen LogP contribution < -0.4 is 15.9 Å². The third-order valence-electron chi connectivity index (χ3n) is 5.36. The van der Waals surface area contributed by atoms with Gasteiger partial charge in [0.2, 0.25) is 0 Å². The highest BCUT2D eigenvalue weighted by Gasteiger charge is 2.14. The second kappa shape index (κ2) is 8.55. The van der Waals surface area contributed by atoms with Gasteiger partial charge < -0.3 is 4.74 Å². The standard InChI is InChI=1S/C25H20N4O3S/c1-16-6-5-13-28-22(30)14-17(26-23(16)28)15-33-25-27-21-8-4-3-7-20(21)24(31)29(25)18-9-11-19(32-2)12-10-18/h3-14H,15H2,1-2H3. The molecule has 0 saturated heterocycles. The zero-order valence-electron chi connectivity index (χ0n) is 18.1. The lowest BCUT2D eigenvalue weighted by atomic mass is 10.2. The van der Waals surface area contributed by atoms with Crippen molar-refractivity contribution in [1.82, 2.24) is 18.9 Å². The lowest BCUT2D eigenvalue weighted by Crippen LogP contribution is -2.22. The summed E-state index contributed by atoms with van der Waals surface area (Å²) >= 11 is 1.37. The Balaban J connectivity index is 1.60. The van der Waals surface area contributed by atoms with E-state index in [2.05, 4.69) is 4.98 Å². The fourth-order valence-electron chi connectivity index (χ4n) is 3.69. The molecule has 5 rings (SSSR count). The van der Waals surface area contributed by atoms with Gasteiger partial charge in [-0.2, -0.15) is 0 Å². The molecule has 0 aliphatic rings. The Bertz CT molecular complexity index is 1610. The highest BCUT2D eigenvalue weighted by atomic mass is 32.2. The van der Waals surface area contributed by atoms with Crippen LogP contribution in [0.3, 0.4) is 0 Å². The fraction of sp³-hybridized carbons (Fsp3) is 0.120. The van der Waals surface area contributed by atoms with Crippen molar-refractivity contribution in [2.24, 2.45) is 0 Å².